The summed E-state index contributed by atoms with van der Waals surface area (Å²) in [6.45, 7) is 1.97. The van der Waals surface area contributed by atoms with Gasteiger partial charge in [-0.15, -0.1) is 0 Å². The van der Waals surface area contributed by atoms with Gasteiger partial charge in [-0.25, -0.2) is 8.42 Å². The summed E-state index contributed by atoms with van der Waals surface area (Å²) in [6.07, 6.45) is 1.22. The van der Waals surface area contributed by atoms with Crippen LogP contribution in [0.5, 0.6) is 5.75 Å². The maximum atomic E-state index is 13.3. The van der Waals surface area contributed by atoms with Gasteiger partial charge in [0.2, 0.25) is 21.2 Å². The zero-order valence-electron chi connectivity index (χ0n) is 18.2. The molecule has 0 fully saturated rings. The van der Waals surface area contributed by atoms with Crippen LogP contribution in [0, 0.1) is 0 Å². The molecule has 1 amide bonds. The second kappa shape index (κ2) is 9.70. The van der Waals surface area contributed by atoms with Crippen molar-refractivity contribution >= 4 is 43.9 Å². The van der Waals surface area contributed by atoms with Crippen molar-refractivity contribution in [2.75, 3.05) is 11.9 Å². The van der Waals surface area contributed by atoms with Crippen LogP contribution in [0.3, 0.4) is 0 Å². The Balaban J connectivity index is 1.83. The van der Waals surface area contributed by atoms with Gasteiger partial charge in [0.1, 0.15) is 17.2 Å². The number of hydrogen-bond donors (Lipinski definition) is 1. The lowest BCUT2D eigenvalue weighted by atomic mass is 10.2. The van der Waals surface area contributed by atoms with E-state index in [1.807, 2.05) is 0 Å². The van der Waals surface area contributed by atoms with Gasteiger partial charge < -0.3 is 14.6 Å². The summed E-state index contributed by atoms with van der Waals surface area (Å²) in [5, 5.41) is 3.42. The molecule has 0 atom stereocenters. The molecular weight excluding hydrogens is 476 g/mol. The van der Waals surface area contributed by atoms with Gasteiger partial charge in [-0.3, -0.25) is 9.59 Å². The average Bonchev–Trinajstić information content (AvgIpc) is 2.83. The fourth-order valence-corrected chi connectivity index (χ4v) is 5.06. The lowest BCUT2D eigenvalue weighted by molar-refractivity contribution is -0.116. The van der Waals surface area contributed by atoms with Crippen molar-refractivity contribution in [2.45, 2.75) is 23.3 Å². The van der Waals surface area contributed by atoms with Crippen LogP contribution in [0.1, 0.15) is 6.92 Å². The number of halogens is 1. The number of ether oxygens (including phenoxy) is 1. The Bertz CT molecular complexity index is 1520. The minimum Gasteiger partial charge on any atom is -0.494 e. The molecular formula is C25H21ClN2O5S. The first-order chi connectivity index (χ1) is 16.3. The van der Waals surface area contributed by atoms with Crippen LogP contribution in [-0.4, -0.2) is 25.5 Å². The lowest BCUT2D eigenvalue weighted by Gasteiger charge is -2.15. The minimum absolute atomic E-state index is 0.00965. The number of anilines is 1. The highest BCUT2D eigenvalue weighted by molar-refractivity contribution is 7.91. The minimum atomic E-state index is -4.13. The predicted molar refractivity (Wildman–Crippen MR) is 131 cm³/mol. The highest BCUT2D eigenvalue weighted by atomic mass is 35.5. The van der Waals surface area contributed by atoms with E-state index in [-0.39, 0.29) is 16.8 Å². The first kappa shape index (κ1) is 23.5. The fraction of sp³-hybridized carbons (Fsp3) is 0.120. The van der Waals surface area contributed by atoms with Crippen molar-refractivity contribution in [2.24, 2.45) is 0 Å². The van der Waals surface area contributed by atoms with E-state index < -0.39 is 26.1 Å². The second-order valence-electron chi connectivity index (χ2n) is 7.43. The molecule has 1 aromatic heterocycles. The summed E-state index contributed by atoms with van der Waals surface area (Å²) in [7, 11) is -4.13. The highest BCUT2D eigenvalue weighted by Crippen LogP contribution is 2.24. The smallest absolute Gasteiger partial charge is 0.244 e. The monoisotopic (exact) mass is 496 g/mol. The van der Waals surface area contributed by atoms with Crippen molar-refractivity contribution in [3.8, 4) is 5.75 Å². The summed E-state index contributed by atoms with van der Waals surface area (Å²) in [5.74, 6) is 0.0303. The normalized spacial score (nSPS) is 11.4. The molecule has 1 heterocycles. The molecule has 4 rings (SSSR count). The van der Waals surface area contributed by atoms with Gasteiger partial charge in [0.25, 0.3) is 0 Å². The van der Waals surface area contributed by atoms with E-state index in [0.717, 1.165) is 0 Å². The molecule has 9 heteroatoms. The molecule has 0 saturated carbocycles. The Labute approximate surface area is 201 Å². The van der Waals surface area contributed by atoms with Crippen molar-refractivity contribution in [1.29, 1.82) is 0 Å². The molecule has 0 unspecified atom stereocenters. The number of aromatic nitrogens is 1. The van der Waals surface area contributed by atoms with Gasteiger partial charge >= 0.3 is 0 Å². The Morgan fingerprint density at radius 2 is 1.74 bits per heavy atom. The number of sulfone groups is 1. The summed E-state index contributed by atoms with van der Waals surface area (Å²) >= 11 is 5.89. The average molecular weight is 497 g/mol. The van der Waals surface area contributed by atoms with Gasteiger partial charge in [0.15, 0.2) is 0 Å². The molecule has 0 radical (unpaired) electrons. The Morgan fingerprint density at radius 3 is 2.41 bits per heavy atom. The van der Waals surface area contributed by atoms with Gasteiger partial charge in [0, 0.05) is 16.9 Å². The number of carbonyl (C=O) groups excluding carboxylic acids is 1. The standard InChI is InChI=1S/C25H21ClN2O5S/c1-2-33-19-12-13-22-21(14-19)25(30)23(34(31,32)20-6-4-3-5-7-20)15-28(22)16-24(29)27-18-10-8-17(26)9-11-18/h3-15H,2,16H2,1H3,(H,27,29). The van der Waals surface area contributed by atoms with E-state index in [2.05, 4.69) is 5.32 Å². The summed E-state index contributed by atoms with van der Waals surface area (Å²) < 4.78 is 33.6. The van der Waals surface area contributed by atoms with Crippen LogP contribution < -0.4 is 15.5 Å². The number of nitrogens with one attached hydrogen (secondary N) is 1. The molecule has 3 aromatic carbocycles. The Hall–Kier alpha value is -3.62. The van der Waals surface area contributed by atoms with E-state index in [0.29, 0.717) is 28.6 Å². The lowest BCUT2D eigenvalue weighted by Crippen LogP contribution is -2.24. The third kappa shape index (κ3) is 4.83. The maximum absolute atomic E-state index is 13.3. The largest absolute Gasteiger partial charge is 0.494 e. The topological polar surface area (TPSA) is 94.5 Å². The molecule has 0 saturated heterocycles. The van der Waals surface area contributed by atoms with Crippen molar-refractivity contribution in [3.63, 3.8) is 0 Å². The third-order valence-corrected chi connectivity index (χ3v) is 7.13. The molecule has 4 aromatic rings. The van der Waals surface area contributed by atoms with Gasteiger partial charge in [-0.1, -0.05) is 29.8 Å². The van der Waals surface area contributed by atoms with Crippen LogP contribution in [-0.2, 0) is 21.2 Å². The SMILES string of the molecule is CCOc1ccc2c(c1)c(=O)c(S(=O)(=O)c1ccccc1)cn2CC(=O)Nc1ccc(Cl)cc1. The first-order valence-electron chi connectivity index (χ1n) is 10.4. The third-order valence-electron chi connectivity index (χ3n) is 5.11. The molecule has 0 aliphatic rings. The van der Waals surface area contributed by atoms with E-state index in [1.54, 1.807) is 61.5 Å². The molecule has 7 nitrogen and oxygen atoms in total. The second-order valence-corrected chi connectivity index (χ2v) is 9.79. The number of fused-ring (bicyclic) bond motifs is 1. The van der Waals surface area contributed by atoms with Gasteiger partial charge in [0.05, 0.1) is 22.4 Å². The number of nitrogens with zero attached hydrogens (tertiary/aromatic N) is 1. The fourth-order valence-electron chi connectivity index (χ4n) is 3.54. The summed E-state index contributed by atoms with van der Waals surface area (Å²) in [5.41, 5.74) is 0.289. The number of benzene rings is 3. The maximum Gasteiger partial charge on any atom is 0.244 e. The number of carbonyl (C=O) groups is 1. The zero-order valence-corrected chi connectivity index (χ0v) is 19.8. The van der Waals surface area contributed by atoms with Gasteiger partial charge in [-0.05, 0) is 61.5 Å². The van der Waals surface area contributed by atoms with E-state index in [1.165, 1.54) is 29.0 Å². The van der Waals surface area contributed by atoms with Gasteiger partial charge in [-0.2, -0.15) is 0 Å². The van der Waals surface area contributed by atoms with Crippen LogP contribution in [0.25, 0.3) is 10.9 Å². The van der Waals surface area contributed by atoms with Crippen LogP contribution >= 0.6 is 11.6 Å². The molecule has 34 heavy (non-hydrogen) atoms. The number of amides is 1. The van der Waals surface area contributed by atoms with Crippen molar-refractivity contribution in [1.82, 2.24) is 4.57 Å². The molecule has 0 aliphatic heterocycles. The Morgan fingerprint density at radius 1 is 1.03 bits per heavy atom. The van der Waals surface area contributed by atoms with Crippen LogP contribution in [0.15, 0.2) is 93.6 Å². The van der Waals surface area contributed by atoms with E-state index in [4.69, 9.17) is 16.3 Å². The molecule has 0 aliphatic carbocycles. The number of hydrogen-bond acceptors (Lipinski definition) is 5. The molecule has 0 bridgehead atoms. The van der Waals surface area contributed by atoms with Crippen LogP contribution in [0.4, 0.5) is 5.69 Å². The summed E-state index contributed by atoms with van der Waals surface area (Å²) in [6, 6.07) is 19.1. The predicted octanol–water partition coefficient (Wildman–Crippen LogP) is 4.53. The first-order valence-corrected chi connectivity index (χ1v) is 12.3. The molecule has 174 valence electrons. The Kier molecular flexibility index (Phi) is 6.72. The van der Waals surface area contributed by atoms with Crippen molar-refractivity contribution < 1.29 is 17.9 Å². The summed E-state index contributed by atoms with van der Waals surface area (Å²) in [4.78, 5) is 25.7. The molecule has 0 spiro atoms. The molecule has 1 N–H and O–H groups in total. The quantitative estimate of drug-likeness (QED) is 0.406. The highest BCUT2D eigenvalue weighted by Gasteiger charge is 2.24. The van der Waals surface area contributed by atoms with Crippen LogP contribution in [0.2, 0.25) is 5.02 Å². The number of rotatable bonds is 7. The zero-order chi connectivity index (χ0) is 24.3. The van der Waals surface area contributed by atoms with Crippen molar-refractivity contribution in [3.05, 3.63) is 94.2 Å². The van der Waals surface area contributed by atoms with E-state index >= 15 is 0 Å². The number of pyridine rings is 1. The van der Waals surface area contributed by atoms with E-state index in [9.17, 15) is 18.0 Å².